The minimum absolute atomic E-state index is 0.0176. The molecule has 0 radical (unpaired) electrons. The minimum Gasteiger partial charge on any atom is -0.393 e. The Kier molecular flexibility index (Phi) is 5.95. The van der Waals surface area contributed by atoms with Crippen molar-refractivity contribution in [2.45, 2.75) is 32.0 Å². The van der Waals surface area contributed by atoms with Crippen LogP contribution in [0.2, 0.25) is 0 Å². The third-order valence-corrected chi connectivity index (χ3v) is 3.46. The first-order valence-corrected chi connectivity index (χ1v) is 6.13. The summed E-state index contributed by atoms with van der Waals surface area (Å²) in [5.41, 5.74) is 0. The van der Waals surface area contributed by atoms with Gasteiger partial charge in [0.25, 0.3) is 0 Å². The standard InChI is InChI=1S/C14H20O4/c1-10-11(5-6-12(16)4-3-7-15)8-13(17)9-14(10)18-2/h3-7,10-11,13-14,17H,8-9H2,1-2H3/b4-3+,6-5+. The van der Waals surface area contributed by atoms with Crippen LogP contribution in [0.5, 0.6) is 0 Å². The van der Waals surface area contributed by atoms with Crippen molar-refractivity contribution in [2.75, 3.05) is 7.11 Å². The molecule has 0 amide bonds. The molecule has 1 aliphatic carbocycles. The second-order valence-electron chi connectivity index (χ2n) is 4.68. The zero-order chi connectivity index (χ0) is 13.5. The van der Waals surface area contributed by atoms with E-state index in [9.17, 15) is 14.7 Å². The summed E-state index contributed by atoms with van der Waals surface area (Å²) in [6, 6.07) is 0. The number of rotatable bonds is 5. The van der Waals surface area contributed by atoms with E-state index in [1.165, 1.54) is 18.2 Å². The van der Waals surface area contributed by atoms with Crippen LogP contribution < -0.4 is 0 Å². The average molecular weight is 252 g/mol. The molecular weight excluding hydrogens is 232 g/mol. The Labute approximate surface area is 107 Å². The third kappa shape index (κ3) is 4.20. The molecule has 4 nitrogen and oxygen atoms in total. The molecule has 1 N–H and O–H groups in total. The number of aldehydes is 1. The van der Waals surface area contributed by atoms with E-state index in [1.807, 2.05) is 0 Å². The van der Waals surface area contributed by atoms with E-state index >= 15 is 0 Å². The highest BCUT2D eigenvalue weighted by Crippen LogP contribution is 2.32. The molecule has 1 aliphatic rings. The Balaban J connectivity index is 2.64. The van der Waals surface area contributed by atoms with Crippen molar-refractivity contribution in [1.82, 2.24) is 0 Å². The number of aliphatic hydroxyl groups excluding tert-OH is 1. The predicted molar refractivity (Wildman–Crippen MR) is 68.0 cm³/mol. The topological polar surface area (TPSA) is 63.6 Å². The fraction of sp³-hybridized carbons (Fsp3) is 0.571. The molecule has 4 unspecified atom stereocenters. The Bertz CT molecular complexity index is 346. The van der Waals surface area contributed by atoms with Crippen molar-refractivity contribution in [3.8, 4) is 0 Å². The van der Waals surface area contributed by atoms with Crippen molar-refractivity contribution < 1.29 is 19.4 Å². The molecule has 1 saturated carbocycles. The molecule has 1 rings (SSSR count). The summed E-state index contributed by atoms with van der Waals surface area (Å²) in [4.78, 5) is 21.4. The smallest absolute Gasteiger partial charge is 0.178 e. The van der Waals surface area contributed by atoms with Gasteiger partial charge >= 0.3 is 0 Å². The van der Waals surface area contributed by atoms with Gasteiger partial charge in [0, 0.05) is 7.11 Å². The summed E-state index contributed by atoms with van der Waals surface area (Å²) in [6.45, 7) is 2.06. The number of allylic oxidation sites excluding steroid dienone is 4. The zero-order valence-electron chi connectivity index (χ0n) is 10.8. The first-order valence-electron chi connectivity index (χ1n) is 6.13. The Morgan fingerprint density at radius 3 is 2.67 bits per heavy atom. The number of ketones is 1. The van der Waals surface area contributed by atoms with Gasteiger partial charge in [0.2, 0.25) is 0 Å². The summed E-state index contributed by atoms with van der Waals surface area (Å²) in [5, 5.41) is 9.75. The summed E-state index contributed by atoms with van der Waals surface area (Å²) in [7, 11) is 1.64. The molecule has 1 fully saturated rings. The van der Waals surface area contributed by atoms with Gasteiger partial charge in [0.15, 0.2) is 5.78 Å². The summed E-state index contributed by atoms with van der Waals surface area (Å²) in [5.74, 6) is 0.160. The molecular formula is C14H20O4. The molecule has 0 bridgehead atoms. The number of ether oxygens (including phenoxy) is 1. The highest BCUT2D eigenvalue weighted by molar-refractivity contribution is 6.01. The maximum absolute atomic E-state index is 11.4. The molecule has 100 valence electrons. The van der Waals surface area contributed by atoms with Crippen molar-refractivity contribution in [3.63, 3.8) is 0 Å². The minimum atomic E-state index is -0.388. The lowest BCUT2D eigenvalue weighted by Gasteiger charge is -2.36. The number of carbonyl (C=O) groups is 2. The van der Waals surface area contributed by atoms with Crippen molar-refractivity contribution >= 4 is 12.1 Å². The fourth-order valence-corrected chi connectivity index (χ4v) is 2.36. The van der Waals surface area contributed by atoms with E-state index in [2.05, 4.69) is 6.92 Å². The SMILES string of the molecule is COC1CC(O)CC(/C=C/C(=O)/C=C/C=O)C1C. The van der Waals surface area contributed by atoms with Gasteiger partial charge in [-0.2, -0.15) is 0 Å². The maximum Gasteiger partial charge on any atom is 0.178 e. The monoisotopic (exact) mass is 252 g/mol. The molecule has 0 spiro atoms. The van der Waals surface area contributed by atoms with E-state index in [1.54, 1.807) is 13.2 Å². The number of methoxy groups -OCH3 is 1. The second kappa shape index (κ2) is 7.24. The van der Waals surface area contributed by atoms with E-state index in [0.717, 1.165) is 0 Å². The summed E-state index contributed by atoms with van der Waals surface area (Å²) < 4.78 is 5.34. The lowest BCUT2D eigenvalue weighted by Crippen LogP contribution is -2.37. The number of hydrogen-bond acceptors (Lipinski definition) is 4. The van der Waals surface area contributed by atoms with Crippen LogP contribution in [0.15, 0.2) is 24.3 Å². The van der Waals surface area contributed by atoms with E-state index in [0.29, 0.717) is 19.1 Å². The lowest BCUT2D eigenvalue weighted by atomic mass is 9.76. The molecule has 0 aliphatic heterocycles. The number of aliphatic hydroxyl groups is 1. The van der Waals surface area contributed by atoms with Crippen LogP contribution in [0.1, 0.15) is 19.8 Å². The molecule has 18 heavy (non-hydrogen) atoms. The first-order chi connectivity index (χ1) is 8.58. The predicted octanol–water partition coefficient (Wildman–Crippen LogP) is 1.29. The van der Waals surface area contributed by atoms with Crippen LogP contribution in [0.3, 0.4) is 0 Å². The second-order valence-corrected chi connectivity index (χ2v) is 4.68. The molecule has 0 aromatic carbocycles. The fourth-order valence-electron chi connectivity index (χ4n) is 2.36. The van der Waals surface area contributed by atoms with Crippen LogP contribution in [-0.4, -0.2) is 36.5 Å². The van der Waals surface area contributed by atoms with Gasteiger partial charge in [0.05, 0.1) is 12.2 Å². The van der Waals surface area contributed by atoms with Gasteiger partial charge in [-0.15, -0.1) is 0 Å². The summed E-state index contributed by atoms with van der Waals surface area (Å²) >= 11 is 0. The van der Waals surface area contributed by atoms with Crippen molar-refractivity contribution in [1.29, 1.82) is 0 Å². The quantitative estimate of drug-likeness (QED) is 0.591. The van der Waals surface area contributed by atoms with Gasteiger partial charge in [-0.1, -0.05) is 13.0 Å². The zero-order valence-corrected chi connectivity index (χ0v) is 10.8. The van der Waals surface area contributed by atoms with Crippen LogP contribution >= 0.6 is 0 Å². The molecule has 4 heteroatoms. The third-order valence-electron chi connectivity index (χ3n) is 3.46. The number of carbonyl (C=O) groups excluding carboxylic acids is 2. The maximum atomic E-state index is 11.4. The lowest BCUT2D eigenvalue weighted by molar-refractivity contribution is -0.111. The van der Waals surface area contributed by atoms with Gasteiger partial charge in [-0.05, 0) is 42.9 Å². The molecule has 0 aromatic rings. The van der Waals surface area contributed by atoms with Gasteiger partial charge in [-0.25, -0.2) is 0 Å². The highest BCUT2D eigenvalue weighted by Gasteiger charge is 2.33. The van der Waals surface area contributed by atoms with Crippen LogP contribution in [0, 0.1) is 11.8 Å². The van der Waals surface area contributed by atoms with E-state index in [4.69, 9.17) is 4.74 Å². The van der Waals surface area contributed by atoms with E-state index in [-0.39, 0.29) is 29.8 Å². The largest absolute Gasteiger partial charge is 0.393 e. The molecule has 4 atom stereocenters. The van der Waals surface area contributed by atoms with Crippen LogP contribution in [-0.2, 0) is 14.3 Å². The number of hydrogen-bond donors (Lipinski definition) is 1. The van der Waals surface area contributed by atoms with Crippen molar-refractivity contribution in [2.24, 2.45) is 11.8 Å². The molecule has 0 heterocycles. The highest BCUT2D eigenvalue weighted by atomic mass is 16.5. The Morgan fingerprint density at radius 1 is 1.33 bits per heavy atom. The average Bonchev–Trinajstić information content (AvgIpc) is 2.36. The van der Waals surface area contributed by atoms with Crippen LogP contribution in [0.25, 0.3) is 0 Å². The van der Waals surface area contributed by atoms with Gasteiger partial charge < -0.3 is 9.84 Å². The van der Waals surface area contributed by atoms with Crippen molar-refractivity contribution in [3.05, 3.63) is 24.3 Å². The summed E-state index contributed by atoms with van der Waals surface area (Å²) in [6.07, 6.45) is 7.13. The molecule has 0 aromatic heterocycles. The molecule has 0 saturated heterocycles. The Morgan fingerprint density at radius 2 is 2.06 bits per heavy atom. The van der Waals surface area contributed by atoms with Gasteiger partial charge in [0.1, 0.15) is 6.29 Å². The van der Waals surface area contributed by atoms with Gasteiger partial charge in [-0.3, -0.25) is 9.59 Å². The normalized spacial score (nSPS) is 33.1. The van der Waals surface area contributed by atoms with E-state index < -0.39 is 0 Å². The van der Waals surface area contributed by atoms with Crippen LogP contribution in [0.4, 0.5) is 0 Å². The first kappa shape index (κ1) is 14.8. The Hall–Kier alpha value is -1.26.